The summed E-state index contributed by atoms with van der Waals surface area (Å²) in [4.78, 5) is 12.8. The number of sulfonamides is 1. The molecule has 5 nitrogen and oxygen atoms in total. The van der Waals surface area contributed by atoms with Crippen LogP contribution in [-0.2, 0) is 21.4 Å². The lowest BCUT2D eigenvalue weighted by molar-refractivity contribution is -0.119. The minimum absolute atomic E-state index is 0.148. The van der Waals surface area contributed by atoms with Crippen LogP contribution in [0.4, 0.5) is 5.69 Å². The average molecular weight is 409 g/mol. The molecule has 0 saturated heterocycles. The first-order valence-electron chi connectivity index (χ1n) is 9.33. The standard InChI is InChI=1S/C23H24N2O3S/c1-18-13-19(2)15-21(14-18)25(29(27,28)22-11-7-4-8-12-22)17-23(26)24-16-20-9-5-3-6-10-20/h3-15H,16-17H2,1-2H3,(H,24,26). The highest BCUT2D eigenvalue weighted by molar-refractivity contribution is 7.92. The zero-order chi connectivity index (χ0) is 20.9. The Morgan fingerprint density at radius 1 is 0.862 bits per heavy atom. The molecule has 0 bridgehead atoms. The molecule has 3 aromatic rings. The van der Waals surface area contributed by atoms with Crippen molar-refractivity contribution in [1.29, 1.82) is 0 Å². The van der Waals surface area contributed by atoms with Gasteiger partial charge in [-0.1, -0.05) is 54.6 Å². The van der Waals surface area contributed by atoms with Crippen LogP contribution < -0.4 is 9.62 Å². The number of aryl methyl sites for hydroxylation is 2. The van der Waals surface area contributed by atoms with Crippen molar-refractivity contribution in [2.75, 3.05) is 10.8 Å². The Labute approximate surface area is 172 Å². The minimum Gasteiger partial charge on any atom is -0.350 e. The van der Waals surface area contributed by atoms with E-state index in [-0.39, 0.29) is 17.3 Å². The van der Waals surface area contributed by atoms with Crippen LogP contribution in [0.25, 0.3) is 0 Å². The van der Waals surface area contributed by atoms with E-state index < -0.39 is 10.0 Å². The molecule has 0 radical (unpaired) electrons. The highest BCUT2D eigenvalue weighted by Gasteiger charge is 2.27. The van der Waals surface area contributed by atoms with E-state index in [0.29, 0.717) is 12.2 Å². The minimum atomic E-state index is -3.89. The molecule has 0 fully saturated rings. The Bertz CT molecular complexity index is 1060. The fourth-order valence-electron chi connectivity index (χ4n) is 3.11. The molecule has 6 heteroatoms. The number of nitrogens with one attached hydrogen (secondary N) is 1. The van der Waals surface area contributed by atoms with Gasteiger partial charge in [0.15, 0.2) is 0 Å². The lowest BCUT2D eigenvalue weighted by Gasteiger charge is -2.25. The smallest absolute Gasteiger partial charge is 0.264 e. The Kier molecular flexibility index (Phi) is 6.34. The molecular formula is C23H24N2O3S. The third-order valence-electron chi connectivity index (χ3n) is 4.45. The number of rotatable bonds is 7. The summed E-state index contributed by atoms with van der Waals surface area (Å²) in [5.41, 5.74) is 3.28. The number of amides is 1. The van der Waals surface area contributed by atoms with Gasteiger partial charge < -0.3 is 5.32 Å². The molecule has 0 saturated carbocycles. The second-order valence-electron chi connectivity index (χ2n) is 6.93. The Hall–Kier alpha value is -3.12. The molecule has 0 aromatic heterocycles. The zero-order valence-electron chi connectivity index (χ0n) is 16.5. The van der Waals surface area contributed by atoms with Crippen molar-refractivity contribution in [3.8, 4) is 0 Å². The van der Waals surface area contributed by atoms with Gasteiger partial charge in [0, 0.05) is 6.54 Å². The van der Waals surface area contributed by atoms with Gasteiger partial charge in [0.25, 0.3) is 10.0 Å². The molecule has 150 valence electrons. The van der Waals surface area contributed by atoms with Gasteiger partial charge in [-0.25, -0.2) is 8.42 Å². The predicted octanol–water partition coefficient (Wildman–Crippen LogP) is 3.82. The van der Waals surface area contributed by atoms with E-state index >= 15 is 0 Å². The Balaban J connectivity index is 1.89. The van der Waals surface area contributed by atoms with Crippen LogP contribution in [0.3, 0.4) is 0 Å². The van der Waals surface area contributed by atoms with Gasteiger partial charge in [0.1, 0.15) is 6.54 Å². The summed E-state index contributed by atoms with van der Waals surface area (Å²) in [6.07, 6.45) is 0. The molecule has 1 N–H and O–H groups in total. The molecule has 3 aromatic carbocycles. The highest BCUT2D eigenvalue weighted by atomic mass is 32.2. The van der Waals surface area contributed by atoms with Gasteiger partial charge in [0.05, 0.1) is 10.6 Å². The van der Waals surface area contributed by atoms with Crippen LogP contribution >= 0.6 is 0 Å². The maximum atomic E-state index is 13.3. The highest BCUT2D eigenvalue weighted by Crippen LogP contribution is 2.25. The van der Waals surface area contributed by atoms with E-state index in [4.69, 9.17) is 0 Å². The van der Waals surface area contributed by atoms with Gasteiger partial charge in [0.2, 0.25) is 5.91 Å². The Morgan fingerprint density at radius 3 is 2.00 bits per heavy atom. The number of benzene rings is 3. The van der Waals surface area contributed by atoms with Gasteiger partial charge in [-0.15, -0.1) is 0 Å². The lowest BCUT2D eigenvalue weighted by atomic mass is 10.1. The van der Waals surface area contributed by atoms with Crippen molar-refractivity contribution in [1.82, 2.24) is 5.32 Å². The third kappa shape index (κ3) is 5.23. The molecule has 0 unspecified atom stereocenters. The molecule has 0 spiro atoms. The van der Waals surface area contributed by atoms with Gasteiger partial charge >= 0.3 is 0 Å². The van der Waals surface area contributed by atoms with E-state index in [1.165, 1.54) is 16.4 Å². The molecule has 0 aliphatic rings. The third-order valence-corrected chi connectivity index (χ3v) is 6.23. The summed E-state index contributed by atoms with van der Waals surface area (Å²) in [5.74, 6) is -0.368. The topological polar surface area (TPSA) is 66.5 Å². The van der Waals surface area contributed by atoms with E-state index in [2.05, 4.69) is 5.32 Å². The van der Waals surface area contributed by atoms with Crippen LogP contribution in [0.1, 0.15) is 16.7 Å². The molecule has 0 heterocycles. The summed E-state index contributed by atoms with van der Waals surface area (Å²) in [5, 5.41) is 2.81. The van der Waals surface area contributed by atoms with Crippen molar-refractivity contribution in [2.24, 2.45) is 0 Å². The first-order chi connectivity index (χ1) is 13.9. The second-order valence-corrected chi connectivity index (χ2v) is 8.80. The normalized spacial score (nSPS) is 11.1. The number of anilines is 1. The molecule has 0 aliphatic heterocycles. The molecular weight excluding hydrogens is 384 g/mol. The van der Waals surface area contributed by atoms with Gasteiger partial charge in [-0.2, -0.15) is 0 Å². The number of nitrogens with zero attached hydrogens (tertiary/aromatic N) is 1. The van der Waals surface area contributed by atoms with Crippen LogP contribution in [0.2, 0.25) is 0 Å². The summed E-state index contributed by atoms with van der Waals surface area (Å²) in [6.45, 7) is 3.84. The number of hydrogen-bond acceptors (Lipinski definition) is 3. The molecule has 1 amide bonds. The summed E-state index contributed by atoms with van der Waals surface area (Å²) >= 11 is 0. The molecule has 3 rings (SSSR count). The number of carbonyl (C=O) groups excluding carboxylic acids is 1. The molecule has 0 aliphatic carbocycles. The molecule has 0 atom stereocenters. The van der Waals surface area contributed by atoms with Crippen LogP contribution in [0, 0.1) is 13.8 Å². The quantitative estimate of drug-likeness (QED) is 0.646. The van der Waals surface area contributed by atoms with Crippen molar-refractivity contribution >= 4 is 21.6 Å². The Morgan fingerprint density at radius 2 is 1.41 bits per heavy atom. The van der Waals surface area contributed by atoms with Crippen molar-refractivity contribution in [3.63, 3.8) is 0 Å². The molecule has 29 heavy (non-hydrogen) atoms. The van der Waals surface area contributed by atoms with Crippen molar-refractivity contribution < 1.29 is 13.2 Å². The maximum absolute atomic E-state index is 13.3. The monoisotopic (exact) mass is 408 g/mol. The number of hydrogen-bond donors (Lipinski definition) is 1. The number of carbonyl (C=O) groups is 1. The summed E-state index contributed by atoms with van der Waals surface area (Å²) in [7, 11) is -3.89. The lowest BCUT2D eigenvalue weighted by Crippen LogP contribution is -2.40. The first-order valence-corrected chi connectivity index (χ1v) is 10.8. The second kappa shape index (κ2) is 8.92. The maximum Gasteiger partial charge on any atom is 0.264 e. The summed E-state index contributed by atoms with van der Waals surface area (Å²) < 4.78 is 27.8. The SMILES string of the molecule is Cc1cc(C)cc(N(CC(=O)NCc2ccccc2)S(=O)(=O)c2ccccc2)c1. The van der Waals surface area contributed by atoms with E-state index in [0.717, 1.165) is 16.7 Å². The summed E-state index contributed by atoms with van der Waals surface area (Å²) in [6, 6.07) is 23.2. The van der Waals surface area contributed by atoms with Gasteiger partial charge in [-0.3, -0.25) is 9.10 Å². The van der Waals surface area contributed by atoms with E-state index in [9.17, 15) is 13.2 Å². The van der Waals surface area contributed by atoms with Crippen molar-refractivity contribution in [2.45, 2.75) is 25.3 Å². The van der Waals surface area contributed by atoms with Crippen molar-refractivity contribution in [3.05, 3.63) is 95.6 Å². The fraction of sp³-hybridized carbons (Fsp3) is 0.174. The van der Waals surface area contributed by atoms with E-state index in [1.807, 2.05) is 50.2 Å². The zero-order valence-corrected chi connectivity index (χ0v) is 17.3. The van der Waals surface area contributed by atoms with Gasteiger partial charge in [-0.05, 0) is 54.8 Å². The van der Waals surface area contributed by atoms with E-state index in [1.54, 1.807) is 30.3 Å². The first kappa shape index (κ1) is 20.6. The average Bonchev–Trinajstić information content (AvgIpc) is 2.71. The van der Waals surface area contributed by atoms with Crippen LogP contribution in [0.15, 0.2) is 83.8 Å². The fourth-order valence-corrected chi connectivity index (χ4v) is 4.54. The van der Waals surface area contributed by atoms with Crippen LogP contribution in [-0.4, -0.2) is 20.9 Å². The van der Waals surface area contributed by atoms with Crippen LogP contribution in [0.5, 0.6) is 0 Å². The largest absolute Gasteiger partial charge is 0.350 e. The predicted molar refractivity (Wildman–Crippen MR) is 115 cm³/mol.